The fourth-order valence-corrected chi connectivity index (χ4v) is 3.62. The zero-order valence-electron chi connectivity index (χ0n) is 12.1. The summed E-state index contributed by atoms with van der Waals surface area (Å²) < 4.78 is 1.91. The van der Waals surface area contributed by atoms with Crippen LogP contribution in [0.2, 0.25) is 0 Å². The van der Waals surface area contributed by atoms with Gasteiger partial charge in [0.25, 0.3) is 5.91 Å². The Labute approximate surface area is 148 Å². The molecule has 0 aromatic heterocycles. The third-order valence-corrected chi connectivity index (χ3v) is 5.23. The Morgan fingerprint density at radius 3 is 2.62 bits per heavy atom. The second-order valence-electron chi connectivity index (χ2n) is 5.52. The van der Waals surface area contributed by atoms with Crippen molar-refractivity contribution >= 4 is 44.4 Å². The summed E-state index contributed by atoms with van der Waals surface area (Å²) in [6.07, 6.45) is 7.96. The van der Waals surface area contributed by atoms with Crippen molar-refractivity contribution in [2.75, 3.05) is 13.1 Å². The number of benzene rings is 1. The number of amides is 1. The van der Waals surface area contributed by atoms with Crippen molar-refractivity contribution in [3.8, 4) is 0 Å². The van der Waals surface area contributed by atoms with E-state index in [9.17, 15) is 4.79 Å². The van der Waals surface area contributed by atoms with Crippen LogP contribution in [0.5, 0.6) is 0 Å². The highest BCUT2D eigenvalue weighted by Crippen LogP contribution is 2.19. The van der Waals surface area contributed by atoms with Gasteiger partial charge in [0.15, 0.2) is 0 Å². The molecule has 1 aromatic rings. The molecule has 0 spiro atoms. The fourth-order valence-electron chi connectivity index (χ4n) is 2.70. The summed E-state index contributed by atoms with van der Waals surface area (Å²) in [5.74, 6) is -0.0111. The molecule has 21 heavy (non-hydrogen) atoms. The lowest BCUT2D eigenvalue weighted by Crippen LogP contribution is -2.37. The third kappa shape index (κ3) is 5.87. The summed E-state index contributed by atoms with van der Waals surface area (Å²) in [7, 11) is 0. The molecule has 116 valence electrons. The van der Waals surface area contributed by atoms with Crippen LogP contribution in [0.3, 0.4) is 0 Å². The molecule has 3 nitrogen and oxygen atoms in total. The molecule has 2 N–H and O–H groups in total. The van der Waals surface area contributed by atoms with E-state index in [-0.39, 0.29) is 5.91 Å². The Bertz CT molecular complexity index is 473. The van der Waals surface area contributed by atoms with E-state index >= 15 is 0 Å². The van der Waals surface area contributed by atoms with Gasteiger partial charge in [-0.3, -0.25) is 4.79 Å². The second-order valence-corrected chi connectivity index (χ2v) is 7.62. The van der Waals surface area contributed by atoms with Crippen LogP contribution in [0.25, 0.3) is 0 Å². The van der Waals surface area contributed by atoms with Gasteiger partial charge in [-0.15, -0.1) is 0 Å². The van der Waals surface area contributed by atoms with Crippen molar-refractivity contribution < 1.29 is 4.79 Å². The minimum absolute atomic E-state index is 0.0111. The molecule has 0 radical (unpaired) electrons. The molecule has 0 heterocycles. The molecule has 1 saturated carbocycles. The predicted molar refractivity (Wildman–Crippen MR) is 98.7 cm³/mol. The van der Waals surface area contributed by atoms with Crippen LogP contribution >= 0.6 is 38.5 Å². The average molecular weight is 465 g/mol. The number of hydrogen-bond acceptors (Lipinski definition) is 2. The molecule has 1 fully saturated rings. The van der Waals surface area contributed by atoms with Gasteiger partial charge in [0.1, 0.15) is 0 Å². The fraction of sp³-hybridized carbons (Fsp3) is 0.562. The minimum atomic E-state index is -0.0111. The normalized spacial score (nSPS) is 16.5. The molecule has 1 aliphatic rings. The lowest BCUT2D eigenvalue weighted by atomic mass is 10.1. The zero-order valence-corrected chi connectivity index (χ0v) is 15.9. The number of nitrogens with one attached hydrogen (secondary N) is 2. The molecular formula is C16H22BrIN2O. The first-order chi connectivity index (χ1) is 10.2. The van der Waals surface area contributed by atoms with Crippen LogP contribution in [0.4, 0.5) is 0 Å². The summed E-state index contributed by atoms with van der Waals surface area (Å²) in [5.41, 5.74) is 0.705. The summed E-state index contributed by atoms with van der Waals surface area (Å²) in [4.78, 5) is 12.2. The van der Waals surface area contributed by atoms with Crippen molar-refractivity contribution in [2.24, 2.45) is 0 Å². The molecule has 1 aliphatic carbocycles. The highest BCUT2D eigenvalue weighted by atomic mass is 127. The van der Waals surface area contributed by atoms with E-state index in [1.165, 1.54) is 38.5 Å². The largest absolute Gasteiger partial charge is 0.351 e. The molecule has 5 heteroatoms. The summed E-state index contributed by atoms with van der Waals surface area (Å²) in [5, 5.41) is 6.55. The van der Waals surface area contributed by atoms with Gasteiger partial charge in [-0.25, -0.2) is 0 Å². The molecule has 0 bridgehead atoms. The topological polar surface area (TPSA) is 41.1 Å². The van der Waals surface area contributed by atoms with Gasteiger partial charge in [-0.1, -0.05) is 25.7 Å². The predicted octanol–water partition coefficient (Wildman–Crippen LogP) is 4.10. The van der Waals surface area contributed by atoms with Crippen molar-refractivity contribution in [3.63, 3.8) is 0 Å². The van der Waals surface area contributed by atoms with E-state index in [1.807, 2.05) is 18.2 Å². The Hall–Kier alpha value is -0.140. The highest BCUT2D eigenvalue weighted by molar-refractivity contribution is 14.1. The Kier molecular flexibility index (Phi) is 7.46. The van der Waals surface area contributed by atoms with Crippen molar-refractivity contribution in [3.05, 3.63) is 31.8 Å². The molecule has 1 aromatic carbocycles. The molecule has 0 unspecified atom stereocenters. The Morgan fingerprint density at radius 1 is 1.19 bits per heavy atom. The van der Waals surface area contributed by atoms with Crippen LogP contribution < -0.4 is 10.6 Å². The SMILES string of the molecule is O=C(NCCNC1CCCCCC1)c1cc(I)ccc1Br. The molecular weight excluding hydrogens is 443 g/mol. The summed E-state index contributed by atoms with van der Waals surface area (Å²) >= 11 is 5.65. The van der Waals surface area contributed by atoms with Gasteiger partial charge >= 0.3 is 0 Å². The van der Waals surface area contributed by atoms with Crippen LogP contribution in [0, 0.1) is 3.57 Å². The maximum absolute atomic E-state index is 12.2. The van der Waals surface area contributed by atoms with Crippen LogP contribution in [0.1, 0.15) is 48.9 Å². The van der Waals surface area contributed by atoms with Crippen molar-refractivity contribution in [1.82, 2.24) is 10.6 Å². The average Bonchev–Trinajstić information content (AvgIpc) is 2.74. The molecule has 0 aliphatic heterocycles. The van der Waals surface area contributed by atoms with Crippen LogP contribution in [-0.4, -0.2) is 25.0 Å². The highest BCUT2D eigenvalue weighted by Gasteiger charge is 2.12. The standard InChI is InChI=1S/C16H22BrIN2O/c17-15-8-7-12(18)11-14(15)16(21)20-10-9-19-13-5-3-1-2-4-6-13/h7-8,11,13,19H,1-6,9-10H2,(H,20,21). The second kappa shape index (κ2) is 9.10. The minimum Gasteiger partial charge on any atom is -0.351 e. The number of halogens is 2. The first-order valence-electron chi connectivity index (χ1n) is 7.63. The van der Waals surface area contributed by atoms with Gasteiger partial charge in [-0.05, 0) is 69.6 Å². The van der Waals surface area contributed by atoms with Gasteiger partial charge in [0.2, 0.25) is 0 Å². The van der Waals surface area contributed by atoms with E-state index in [4.69, 9.17) is 0 Å². The van der Waals surface area contributed by atoms with Crippen molar-refractivity contribution in [2.45, 2.75) is 44.6 Å². The van der Waals surface area contributed by atoms with Crippen molar-refractivity contribution in [1.29, 1.82) is 0 Å². The lowest BCUT2D eigenvalue weighted by molar-refractivity contribution is 0.0952. The van der Waals surface area contributed by atoms with E-state index in [2.05, 4.69) is 49.2 Å². The monoisotopic (exact) mass is 464 g/mol. The summed E-state index contributed by atoms with van der Waals surface area (Å²) in [6.45, 7) is 1.52. The Morgan fingerprint density at radius 2 is 1.90 bits per heavy atom. The maximum Gasteiger partial charge on any atom is 0.252 e. The third-order valence-electron chi connectivity index (χ3n) is 3.87. The van der Waals surface area contributed by atoms with Crippen LogP contribution in [-0.2, 0) is 0 Å². The van der Waals surface area contributed by atoms with E-state index in [0.29, 0.717) is 18.2 Å². The lowest BCUT2D eigenvalue weighted by Gasteiger charge is -2.16. The van der Waals surface area contributed by atoms with E-state index in [1.54, 1.807) is 0 Å². The van der Waals surface area contributed by atoms with Gasteiger partial charge in [0, 0.05) is 27.2 Å². The number of carbonyl (C=O) groups is 1. The van der Waals surface area contributed by atoms with Gasteiger partial charge in [0.05, 0.1) is 5.56 Å². The smallest absolute Gasteiger partial charge is 0.252 e. The molecule has 0 saturated heterocycles. The van der Waals surface area contributed by atoms with Gasteiger partial charge < -0.3 is 10.6 Å². The number of rotatable bonds is 5. The van der Waals surface area contributed by atoms with E-state index < -0.39 is 0 Å². The Balaban J connectivity index is 1.72. The first-order valence-corrected chi connectivity index (χ1v) is 9.50. The molecule has 2 rings (SSSR count). The number of hydrogen-bond donors (Lipinski definition) is 2. The molecule has 1 amide bonds. The summed E-state index contributed by atoms with van der Waals surface area (Å²) in [6, 6.07) is 6.43. The number of carbonyl (C=O) groups excluding carboxylic acids is 1. The maximum atomic E-state index is 12.2. The van der Waals surface area contributed by atoms with Crippen LogP contribution in [0.15, 0.2) is 22.7 Å². The zero-order chi connectivity index (χ0) is 15.1. The van der Waals surface area contributed by atoms with E-state index in [0.717, 1.165) is 14.6 Å². The molecule has 0 atom stereocenters. The first kappa shape index (κ1) is 17.2. The van der Waals surface area contributed by atoms with Gasteiger partial charge in [-0.2, -0.15) is 0 Å². The quantitative estimate of drug-likeness (QED) is 0.391.